The molecule has 0 aromatic heterocycles. The number of rotatable bonds is 8. The summed E-state index contributed by atoms with van der Waals surface area (Å²) in [4.78, 5) is 57.5. The minimum atomic E-state index is -1.45. The summed E-state index contributed by atoms with van der Waals surface area (Å²) in [5.41, 5.74) is -0.384. The number of nitrogens with zero attached hydrogens (tertiary/aromatic N) is 1. The van der Waals surface area contributed by atoms with Crippen LogP contribution in [0.3, 0.4) is 0 Å². The molecule has 0 radical (unpaired) electrons. The van der Waals surface area contributed by atoms with Gasteiger partial charge in [0.2, 0.25) is 12.2 Å². The third kappa shape index (κ3) is 7.14. The third-order valence-corrected chi connectivity index (χ3v) is 4.38. The Labute approximate surface area is 188 Å². The van der Waals surface area contributed by atoms with E-state index in [-0.39, 0.29) is 11.4 Å². The molecule has 2 rings (SSSR count). The molecule has 1 saturated heterocycles. The average molecular weight is 468 g/mol. The van der Waals surface area contributed by atoms with Gasteiger partial charge in [0.05, 0.1) is 4.92 Å². The number of nitro groups is 1. The lowest BCUT2D eigenvalue weighted by molar-refractivity contribution is -0.386. The molecule has 1 fully saturated rings. The highest BCUT2D eigenvalue weighted by molar-refractivity contribution is 5.73. The second-order valence-corrected chi connectivity index (χ2v) is 7.06. The van der Waals surface area contributed by atoms with Crippen LogP contribution in [-0.4, -0.2) is 66.0 Å². The van der Waals surface area contributed by atoms with Crippen molar-refractivity contribution in [1.82, 2.24) is 5.32 Å². The summed E-state index contributed by atoms with van der Waals surface area (Å²) in [5, 5.41) is 13.9. The van der Waals surface area contributed by atoms with Crippen LogP contribution in [0.2, 0.25) is 0 Å². The number of hydrogen-bond acceptors (Lipinski definition) is 11. The Bertz CT molecular complexity index is 919. The predicted octanol–water partition coefficient (Wildman–Crippen LogP) is 0.630. The Kier molecular flexibility index (Phi) is 8.68. The quantitative estimate of drug-likeness (QED) is 0.246. The number of esters is 3. The molecular formula is C20H24N2O11. The highest BCUT2D eigenvalue weighted by Crippen LogP contribution is 2.32. The van der Waals surface area contributed by atoms with Crippen LogP contribution in [0, 0.1) is 10.1 Å². The van der Waals surface area contributed by atoms with Crippen molar-refractivity contribution < 1.29 is 47.8 Å². The van der Waals surface area contributed by atoms with Crippen molar-refractivity contribution in [2.24, 2.45) is 0 Å². The van der Waals surface area contributed by atoms with Gasteiger partial charge in [0.15, 0.2) is 18.0 Å². The molecule has 1 amide bonds. The number of para-hydroxylation sites is 2. The van der Waals surface area contributed by atoms with Gasteiger partial charge in [-0.2, -0.15) is 0 Å². The topological polar surface area (TPSA) is 170 Å². The molecule has 1 aromatic carbocycles. The first-order valence-corrected chi connectivity index (χ1v) is 9.80. The van der Waals surface area contributed by atoms with Gasteiger partial charge < -0.3 is 29.0 Å². The molecule has 0 bridgehead atoms. The Morgan fingerprint density at radius 2 is 1.61 bits per heavy atom. The van der Waals surface area contributed by atoms with Gasteiger partial charge in [-0.3, -0.25) is 29.3 Å². The number of nitro benzene ring substituents is 1. The fraction of sp³-hybridized carbons (Fsp3) is 0.500. The first kappa shape index (κ1) is 25.5. The molecule has 1 aliphatic heterocycles. The number of amides is 1. The smallest absolute Gasteiger partial charge is 0.311 e. The second kappa shape index (κ2) is 11.2. The minimum absolute atomic E-state index is 0.193. The summed E-state index contributed by atoms with van der Waals surface area (Å²) in [7, 11) is 0. The first-order chi connectivity index (χ1) is 15.5. The monoisotopic (exact) mass is 468 g/mol. The molecule has 180 valence electrons. The van der Waals surface area contributed by atoms with E-state index in [1.807, 2.05) is 0 Å². The summed E-state index contributed by atoms with van der Waals surface area (Å²) in [6.45, 7) is 4.11. The van der Waals surface area contributed by atoms with E-state index < -0.39 is 66.0 Å². The van der Waals surface area contributed by atoms with E-state index in [0.717, 1.165) is 20.8 Å². The third-order valence-electron chi connectivity index (χ3n) is 4.38. The van der Waals surface area contributed by atoms with Crippen LogP contribution in [0.15, 0.2) is 24.3 Å². The molecule has 0 saturated carbocycles. The van der Waals surface area contributed by atoms with Crippen LogP contribution in [-0.2, 0) is 38.1 Å². The summed E-state index contributed by atoms with van der Waals surface area (Å²) in [6, 6.07) is 4.18. The molecule has 0 unspecified atom stereocenters. The van der Waals surface area contributed by atoms with Gasteiger partial charge in [-0.25, -0.2) is 0 Å². The molecule has 1 aromatic rings. The van der Waals surface area contributed by atoms with Crippen LogP contribution in [0.1, 0.15) is 27.7 Å². The highest BCUT2D eigenvalue weighted by Gasteiger charge is 2.52. The Balaban J connectivity index is 2.51. The summed E-state index contributed by atoms with van der Waals surface area (Å²) in [6.07, 6.45) is -5.28. The largest absolute Gasteiger partial charge is 0.463 e. The maximum Gasteiger partial charge on any atom is 0.311 e. The molecule has 13 nitrogen and oxygen atoms in total. The first-order valence-electron chi connectivity index (χ1n) is 9.80. The standard InChI is InChI=1S/C20H24N2O11/c1-10(23)21-17-19(31-13(4)26)18(30-12(3)25)16(9-29-11(2)24)33-20(17)32-15-8-6-5-7-14(15)22(27)28/h5-8,16-20H,9H2,1-4H3,(H,21,23)/t16-,17+,18-,19-,20-/m1/s1. The van der Waals surface area contributed by atoms with E-state index in [4.69, 9.17) is 23.7 Å². The highest BCUT2D eigenvalue weighted by atomic mass is 16.7. The van der Waals surface area contributed by atoms with Crippen molar-refractivity contribution in [2.75, 3.05) is 6.61 Å². The van der Waals surface area contributed by atoms with E-state index in [9.17, 15) is 29.3 Å². The van der Waals surface area contributed by atoms with E-state index in [1.165, 1.54) is 31.2 Å². The van der Waals surface area contributed by atoms with E-state index in [0.29, 0.717) is 0 Å². The molecular weight excluding hydrogens is 444 g/mol. The number of carbonyl (C=O) groups is 4. The predicted molar refractivity (Wildman–Crippen MR) is 108 cm³/mol. The Morgan fingerprint density at radius 3 is 2.15 bits per heavy atom. The van der Waals surface area contributed by atoms with Crippen LogP contribution in [0.4, 0.5) is 5.69 Å². The van der Waals surface area contributed by atoms with Crippen molar-refractivity contribution in [3.8, 4) is 5.75 Å². The zero-order valence-corrected chi connectivity index (χ0v) is 18.3. The maximum atomic E-state index is 11.9. The Hall–Kier alpha value is -3.74. The van der Waals surface area contributed by atoms with E-state index >= 15 is 0 Å². The lowest BCUT2D eigenvalue weighted by Crippen LogP contribution is -2.67. The van der Waals surface area contributed by atoms with Gasteiger partial charge in [0, 0.05) is 33.8 Å². The minimum Gasteiger partial charge on any atom is -0.463 e. The van der Waals surface area contributed by atoms with Crippen molar-refractivity contribution in [1.29, 1.82) is 0 Å². The van der Waals surface area contributed by atoms with Crippen LogP contribution in [0.25, 0.3) is 0 Å². The van der Waals surface area contributed by atoms with E-state index in [1.54, 1.807) is 0 Å². The number of ether oxygens (including phenoxy) is 5. The average Bonchev–Trinajstić information content (AvgIpc) is 2.70. The van der Waals surface area contributed by atoms with Crippen molar-refractivity contribution in [2.45, 2.75) is 58.3 Å². The van der Waals surface area contributed by atoms with Gasteiger partial charge in [-0.05, 0) is 6.07 Å². The van der Waals surface area contributed by atoms with Gasteiger partial charge in [-0.15, -0.1) is 0 Å². The van der Waals surface area contributed by atoms with E-state index in [2.05, 4.69) is 5.32 Å². The lowest BCUT2D eigenvalue weighted by atomic mass is 9.96. The summed E-state index contributed by atoms with van der Waals surface area (Å²) < 4.78 is 27.1. The number of carbonyl (C=O) groups excluding carboxylic acids is 4. The van der Waals surface area contributed by atoms with Gasteiger partial charge in [0.25, 0.3) is 0 Å². The fourth-order valence-corrected chi connectivity index (χ4v) is 3.22. The molecule has 13 heteroatoms. The molecule has 1 aliphatic rings. The normalized spacial score (nSPS) is 24.2. The van der Waals surface area contributed by atoms with Crippen molar-refractivity contribution in [3.63, 3.8) is 0 Å². The van der Waals surface area contributed by atoms with Gasteiger partial charge in [0.1, 0.15) is 18.8 Å². The molecule has 0 aliphatic carbocycles. The second-order valence-electron chi connectivity index (χ2n) is 7.06. The van der Waals surface area contributed by atoms with Crippen LogP contribution < -0.4 is 10.1 Å². The van der Waals surface area contributed by atoms with Crippen molar-refractivity contribution in [3.05, 3.63) is 34.4 Å². The molecule has 0 spiro atoms. The fourth-order valence-electron chi connectivity index (χ4n) is 3.22. The Morgan fingerprint density at radius 1 is 1.00 bits per heavy atom. The zero-order chi connectivity index (χ0) is 24.7. The van der Waals surface area contributed by atoms with Gasteiger partial charge in [-0.1, -0.05) is 12.1 Å². The van der Waals surface area contributed by atoms with Crippen LogP contribution >= 0.6 is 0 Å². The molecule has 1 heterocycles. The zero-order valence-electron chi connectivity index (χ0n) is 18.3. The molecule has 1 N–H and O–H groups in total. The number of nitrogens with one attached hydrogen (secondary N) is 1. The van der Waals surface area contributed by atoms with Crippen molar-refractivity contribution >= 4 is 29.5 Å². The maximum absolute atomic E-state index is 11.9. The SMILES string of the molecule is CC(=O)N[C@@H]1[C@H](Oc2ccccc2[N+](=O)[O-])O[C@H](COC(C)=O)[C@@H](OC(C)=O)[C@@H]1OC(C)=O. The summed E-state index contributed by atoms with van der Waals surface area (Å²) >= 11 is 0. The molecule has 5 atom stereocenters. The number of benzene rings is 1. The molecule has 33 heavy (non-hydrogen) atoms. The lowest BCUT2D eigenvalue weighted by Gasteiger charge is -2.44. The van der Waals surface area contributed by atoms with Crippen LogP contribution in [0.5, 0.6) is 5.75 Å². The summed E-state index contributed by atoms with van der Waals surface area (Å²) in [5.74, 6) is -2.96. The number of hydrogen-bond donors (Lipinski definition) is 1. The van der Waals surface area contributed by atoms with Gasteiger partial charge >= 0.3 is 23.6 Å².